The fourth-order valence-electron chi connectivity index (χ4n) is 1.44. The molecule has 0 aliphatic rings. The summed E-state index contributed by atoms with van der Waals surface area (Å²) in [5.74, 6) is 0. The van der Waals surface area contributed by atoms with E-state index in [2.05, 4.69) is 54.0 Å². The zero-order valence-corrected chi connectivity index (χ0v) is 9.05. The molecule has 1 nitrogen and oxygen atoms in total. The van der Waals surface area contributed by atoms with Crippen LogP contribution in [0.5, 0.6) is 0 Å². The van der Waals surface area contributed by atoms with Crippen molar-refractivity contribution in [2.75, 3.05) is 0 Å². The lowest BCUT2D eigenvalue weighted by Crippen LogP contribution is -2.16. The van der Waals surface area contributed by atoms with E-state index < -0.39 is 0 Å². The van der Waals surface area contributed by atoms with Gasteiger partial charge in [-0.1, -0.05) is 6.07 Å². The Kier molecular flexibility index (Phi) is 3.07. The van der Waals surface area contributed by atoms with Crippen LogP contribution in [0, 0.1) is 0 Å². The van der Waals surface area contributed by atoms with Crippen LogP contribution in [-0.4, -0.2) is 0 Å². The molecule has 1 heterocycles. The lowest BCUT2D eigenvalue weighted by molar-refractivity contribution is 0.583. The molecule has 74 valence electrons. The van der Waals surface area contributed by atoms with Crippen LogP contribution >= 0.6 is 11.3 Å². The molecule has 0 saturated heterocycles. The predicted octanol–water partition coefficient (Wildman–Crippen LogP) is 3.32. The first-order chi connectivity index (χ1) is 6.86. The standard InChI is InChI=1S/C12H14NS/c1-10(12-7-4-8-14-12)13-9-11-5-2-3-6-11/h2-8,10,13H,9H2,1H3/q-1. The van der Waals surface area contributed by atoms with Crippen LogP contribution in [0.3, 0.4) is 0 Å². The molecular weight excluding hydrogens is 190 g/mol. The number of nitrogens with one attached hydrogen (secondary N) is 1. The highest BCUT2D eigenvalue weighted by Gasteiger charge is 2.03. The van der Waals surface area contributed by atoms with Gasteiger partial charge in [0.25, 0.3) is 0 Å². The Bertz CT molecular complexity index is 348. The maximum Gasteiger partial charge on any atom is 0.0379 e. The Morgan fingerprint density at radius 3 is 3.07 bits per heavy atom. The molecule has 0 fully saturated rings. The molecule has 2 aromatic rings. The molecule has 0 spiro atoms. The normalized spacial score (nSPS) is 12.9. The average molecular weight is 204 g/mol. The van der Waals surface area contributed by atoms with Crippen LogP contribution in [0.25, 0.3) is 0 Å². The van der Waals surface area contributed by atoms with Gasteiger partial charge >= 0.3 is 0 Å². The van der Waals surface area contributed by atoms with Gasteiger partial charge in [-0.2, -0.15) is 23.8 Å². The SMILES string of the molecule is CC(NCc1cc[cH-]c1)c1cccs1. The number of thiophene rings is 1. The number of hydrogen-bond acceptors (Lipinski definition) is 2. The molecule has 1 aromatic carbocycles. The Balaban J connectivity index is 1.87. The van der Waals surface area contributed by atoms with Crippen LogP contribution < -0.4 is 5.32 Å². The van der Waals surface area contributed by atoms with E-state index in [1.54, 1.807) is 11.3 Å². The summed E-state index contributed by atoms with van der Waals surface area (Å²) in [6.45, 7) is 3.15. The molecule has 0 radical (unpaired) electrons. The third-order valence-corrected chi connectivity index (χ3v) is 3.37. The first-order valence-corrected chi connectivity index (χ1v) is 5.71. The molecule has 2 heteroatoms. The predicted molar refractivity (Wildman–Crippen MR) is 61.6 cm³/mol. The summed E-state index contributed by atoms with van der Waals surface area (Å²) in [7, 11) is 0. The minimum absolute atomic E-state index is 0.449. The van der Waals surface area contributed by atoms with Crippen LogP contribution in [0.15, 0.2) is 41.8 Å². The molecular formula is C12H14NS-. The Morgan fingerprint density at radius 1 is 1.50 bits per heavy atom. The van der Waals surface area contributed by atoms with Crippen molar-refractivity contribution in [1.82, 2.24) is 5.32 Å². The molecule has 1 atom stereocenters. The van der Waals surface area contributed by atoms with E-state index in [1.807, 2.05) is 0 Å². The topological polar surface area (TPSA) is 12.0 Å². The monoisotopic (exact) mass is 204 g/mol. The zero-order valence-electron chi connectivity index (χ0n) is 8.23. The van der Waals surface area contributed by atoms with Crippen molar-refractivity contribution in [3.8, 4) is 0 Å². The van der Waals surface area contributed by atoms with Gasteiger partial charge in [0, 0.05) is 10.9 Å². The smallest absolute Gasteiger partial charge is 0.0379 e. The van der Waals surface area contributed by atoms with Gasteiger partial charge < -0.3 is 5.32 Å². The molecule has 1 aromatic heterocycles. The Morgan fingerprint density at radius 2 is 2.43 bits per heavy atom. The number of rotatable bonds is 4. The largest absolute Gasteiger partial charge is 0.318 e. The first kappa shape index (κ1) is 9.56. The quantitative estimate of drug-likeness (QED) is 0.753. The van der Waals surface area contributed by atoms with Gasteiger partial charge in [-0.15, -0.1) is 11.3 Å². The van der Waals surface area contributed by atoms with Crippen molar-refractivity contribution >= 4 is 11.3 Å². The van der Waals surface area contributed by atoms with E-state index in [0.717, 1.165) is 6.54 Å². The van der Waals surface area contributed by atoms with Crippen molar-refractivity contribution in [1.29, 1.82) is 0 Å². The van der Waals surface area contributed by atoms with Gasteiger partial charge in [0.1, 0.15) is 0 Å². The number of hydrogen-bond donors (Lipinski definition) is 1. The van der Waals surface area contributed by atoms with E-state index in [1.165, 1.54) is 10.4 Å². The molecule has 2 rings (SSSR count). The molecule has 0 aliphatic heterocycles. The second-order valence-electron chi connectivity index (χ2n) is 3.41. The van der Waals surface area contributed by atoms with Crippen molar-refractivity contribution in [3.05, 3.63) is 52.2 Å². The van der Waals surface area contributed by atoms with E-state index in [0.29, 0.717) is 6.04 Å². The van der Waals surface area contributed by atoms with Crippen molar-refractivity contribution < 1.29 is 0 Å². The third-order valence-electron chi connectivity index (χ3n) is 2.31. The summed E-state index contributed by atoms with van der Waals surface area (Å²) in [5, 5.41) is 5.62. The molecule has 0 bridgehead atoms. The highest BCUT2D eigenvalue weighted by atomic mass is 32.1. The van der Waals surface area contributed by atoms with Crippen molar-refractivity contribution in [2.24, 2.45) is 0 Å². The highest BCUT2D eigenvalue weighted by molar-refractivity contribution is 7.10. The highest BCUT2D eigenvalue weighted by Crippen LogP contribution is 2.18. The van der Waals surface area contributed by atoms with E-state index in [-0.39, 0.29) is 0 Å². The van der Waals surface area contributed by atoms with Crippen LogP contribution in [0.1, 0.15) is 23.4 Å². The molecule has 0 amide bonds. The van der Waals surface area contributed by atoms with Crippen LogP contribution in [-0.2, 0) is 6.54 Å². The summed E-state index contributed by atoms with van der Waals surface area (Å²) >= 11 is 1.81. The Labute approximate surface area is 88.8 Å². The van der Waals surface area contributed by atoms with Gasteiger partial charge in [-0.3, -0.25) is 0 Å². The van der Waals surface area contributed by atoms with E-state index in [4.69, 9.17) is 0 Å². The molecule has 0 aliphatic carbocycles. The van der Waals surface area contributed by atoms with E-state index in [9.17, 15) is 0 Å². The van der Waals surface area contributed by atoms with E-state index >= 15 is 0 Å². The van der Waals surface area contributed by atoms with Gasteiger partial charge in [-0.25, -0.2) is 6.07 Å². The van der Waals surface area contributed by atoms with Crippen molar-refractivity contribution in [3.63, 3.8) is 0 Å². The zero-order chi connectivity index (χ0) is 9.80. The fourth-order valence-corrected chi connectivity index (χ4v) is 2.20. The summed E-state index contributed by atoms with van der Waals surface area (Å²) in [6.07, 6.45) is 0. The fraction of sp³-hybridized carbons (Fsp3) is 0.250. The van der Waals surface area contributed by atoms with Gasteiger partial charge in [0.2, 0.25) is 0 Å². The molecule has 1 N–H and O–H groups in total. The van der Waals surface area contributed by atoms with Gasteiger partial charge in [0.05, 0.1) is 0 Å². The molecule has 0 saturated carbocycles. The third kappa shape index (κ3) is 2.28. The summed E-state index contributed by atoms with van der Waals surface area (Å²) < 4.78 is 0. The average Bonchev–Trinajstić information content (AvgIpc) is 2.87. The second kappa shape index (κ2) is 4.49. The maximum absolute atomic E-state index is 3.50. The molecule has 1 unspecified atom stereocenters. The molecule has 14 heavy (non-hydrogen) atoms. The lowest BCUT2D eigenvalue weighted by atomic mass is 10.2. The second-order valence-corrected chi connectivity index (χ2v) is 4.39. The first-order valence-electron chi connectivity index (χ1n) is 4.83. The summed E-state index contributed by atoms with van der Waals surface area (Å²) in [4.78, 5) is 1.40. The van der Waals surface area contributed by atoms with Crippen LogP contribution in [0.4, 0.5) is 0 Å². The minimum Gasteiger partial charge on any atom is -0.318 e. The van der Waals surface area contributed by atoms with Gasteiger partial charge in [-0.05, 0) is 24.9 Å². The minimum atomic E-state index is 0.449. The van der Waals surface area contributed by atoms with Gasteiger partial charge in [0.15, 0.2) is 0 Å². The lowest BCUT2D eigenvalue weighted by Gasteiger charge is -2.13. The Hall–Kier alpha value is -0.990. The van der Waals surface area contributed by atoms with Crippen LogP contribution in [0.2, 0.25) is 0 Å². The van der Waals surface area contributed by atoms with Crippen molar-refractivity contribution in [2.45, 2.75) is 19.5 Å². The summed E-state index contributed by atoms with van der Waals surface area (Å²) in [6, 6.07) is 13.2. The summed E-state index contributed by atoms with van der Waals surface area (Å²) in [5.41, 5.74) is 1.36. The maximum atomic E-state index is 3.50.